The molecule has 6 nitrogen and oxygen atoms in total. The summed E-state index contributed by atoms with van der Waals surface area (Å²) in [6.45, 7) is 3.30. The Morgan fingerprint density at radius 1 is 1.15 bits per heavy atom. The number of halogens is 2. The van der Waals surface area contributed by atoms with Crippen LogP contribution in [0.15, 0.2) is 22.7 Å². The Kier molecular flexibility index (Phi) is 6.48. The van der Waals surface area contributed by atoms with Gasteiger partial charge < -0.3 is 19.3 Å². The number of morpholine rings is 1. The second-order valence-corrected chi connectivity index (χ2v) is 7.37. The zero-order valence-electron chi connectivity index (χ0n) is 14.5. The minimum Gasteiger partial charge on any atom is -0.481 e. The van der Waals surface area contributed by atoms with Gasteiger partial charge in [0.05, 0.1) is 13.2 Å². The maximum atomic E-state index is 13.7. The van der Waals surface area contributed by atoms with Crippen molar-refractivity contribution < 1.29 is 23.5 Å². The van der Waals surface area contributed by atoms with Crippen molar-refractivity contribution in [3.63, 3.8) is 0 Å². The minimum atomic E-state index is -0.512. The van der Waals surface area contributed by atoms with E-state index in [-0.39, 0.29) is 30.1 Å². The number of benzene rings is 1. The molecule has 2 aliphatic rings. The fourth-order valence-electron chi connectivity index (χ4n) is 3.24. The molecule has 0 aromatic heterocycles. The summed E-state index contributed by atoms with van der Waals surface area (Å²) in [5.74, 6) is -0.527. The molecule has 2 aliphatic heterocycles. The molecule has 2 saturated heterocycles. The molecule has 0 radical (unpaired) electrons. The minimum absolute atomic E-state index is 0.0398. The largest absolute Gasteiger partial charge is 0.481 e. The Bertz CT molecular complexity index is 659. The van der Waals surface area contributed by atoms with Crippen LogP contribution in [0.5, 0.6) is 5.75 Å². The van der Waals surface area contributed by atoms with Crippen molar-refractivity contribution in [2.24, 2.45) is 5.92 Å². The van der Waals surface area contributed by atoms with Crippen LogP contribution in [0.3, 0.4) is 0 Å². The van der Waals surface area contributed by atoms with E-state index in [2.05, 4.69) is 15.9 Å². The van der Waals surface area contributed by atoms with Crippen LogP contribution in [0.1, 0.15) is 12.8 Å². The van der Waals surface area contributed by atoms with Crippen LogP contribution in [0.4, 0.5) is 4.39 Å². The second-order valence-electron chi connectivity index (χ2n) is 6.46. The van der Waals surface area contributed by atoms with Gasteiger partial charge >= 0.3 is 0 Å². The fraction of sp³-hybridized carbons (Fsp3) is 0.556. The molecule has 26 heavy (non-hydrogen) atoms. The molecular formula is C18H22BrFN2O4. The van der Waals surface area contributed by atoms with Crippen LogP contribution in [-0.2, 0) is 14.3 Å². The van der Waals surface area contributed by atoms with Crippen molar-refractivity contribution in [1.82, 2.24) is 9.80 Å². The highest BCUT2D eigenvalue weighted by Gasteiger charge is 2.31. The van der Waals surface area contributed by atoms with Gasteiger partial charge in [0.1, 0.15) is 0 Å². The van der Waals surface area contributed by atoms with E-state index in [1.165, 1.54) is 12.1 Å². The van der Waals surface area contributed by atoms with Crippen molar-refractivity contribution in [2.75, 3.05) is 46.0 Å². The summed E-state index contributed by atoms with van der Waals surface area (Å²) >= 11 is 3.18. The number of hydrogen-bond acceptors (Lipinski definition) is 4. The Hall–Kier alpha value is -1.67. The van der Waals surface area contributed by atoms with Crippen molar-refractivity contribution >= 4 is 27.7 Å². The molecule has 0 atom stereocenters. The summed E-state index contributed by atoms with van der Waals surface area (Å²) in [4.78, 5) is 28.3. The summed E-state index contributed by atoms with van der Waals surface area (Å²) in [6.07, 6.45) is 1.29. The second kappa shape index (κ2) is 8.81. The lowest BCUT2D eigenvalue weighted by molar-refractivity contribution is -0.144. The lowest BCUT2D eigenvalue weighted by atomic mass is 9.95. The van der Waals surface area contributed by atoms with Gasteiger partial charge in [-0.1, -0.05) is 15.9 Å². The Morgan fingerprint density at radius 3 is 2.50 bits per heavy atom. The van der Waals surface area contributed by atoms with Crippen LogP contribution in [0, 0.1) is 11.7 Å². The predicted octanol–water partition coefficient (Wildman–Crippen LogP) is 2.06. The number of carbonyl (C=O) groups excluding carboxylic acids is 2. The molecular weight excluding hydrogens is 407 g/mol. The normalized spacial score (nSPS) is 18.7. The Morgan fingerprint density at radius 2 is 1.85 bits per heavy atom. The average molecular weight is 429 g/mol. The van der Waals surface area contributed by atoms with E-state index >= 15 is 0 Å². The zero-order chi connectivity index (χ0) is 18.5. The third-order valence-electron chi connectivity index (χ3n) is 4.76. The molecule has 2 fully saturated rings. The smallest absolute Gasteiger partial charge is 0.260 e. The summed E-state index contributed by atoms with van der Waals surface area (Å²) < 4.78 is 24.9. The van der Waals surface area contributed by atoms with Crippen LogP contribution in [0.25, 0.3) is 0 Å². The third-order valence-corrected chi connectivity index (χ3v) is 5.26. The molecule has 1 aromatic rings. The van der Waals surface area contributed by atoms with Gasteiger partial charge in [0.15, 0.2) is 18.2 Å². The third kappa shape index (κ3) is 4.73. The van der Waals surface area contributed by atoms with E-state index in [0.29, 0.717) is 56.7 Å². The quantitative estimate of drug-likeness (QED) is 0.736. The maximum absolute atomic E-state index is 13.7. The summed E-state index contributed by atoms with van der Waals surface area (Å²) in [7, 11) is 0. The summed E-state index contributed by atoms with van der Waals surface area (Å²) in [5, 5.41) is 0. The predicted molar refractivity (Wildman–Crippen MR) is 96.3 cm³/mol. The highest BCUT2D eigenvalue weighted by Crippen LogP contribution is 2.23. The van der Waals surface area contributed by atoms with E-state index < -0.39 is 5.82 Å². The number of hydrogen-bond donors (Lipinski definition) is 0. The molecule has 142 valence electrons. The highest BCUT2D eigenvalue weighted by atomic mass is 79.9. The molecule has 0 bridgehead atoms. The molecule has 0 saturated carbocycles. The first kappa shape index (κ1) is 19.1. The average Bonchev–Trinajstić information content (AvgIpc) is 2.67. The highest BCUT2D eigenvalue weighted by molar-refractivity contribution is 9.10. The summed E-state index contributed by atoms with van der Waals surface area (Å²) in [5.41, 5.74) is 0. The number of piperidine rings is 1. The number of rotatable bonds is 4. The Labute approximate surface area is 160 Å². The van der Waals surface area contributed by atoms with E-state index in [0.717, 1.165) is 0 Å². The van der Waals surface area contributed by atoms with E-state index in [9.17, 15) is 14.0 Å². The van der Waals surface area contributed by atoms with Gasteiger partial charge in [-0.15, -0.1) is 0 Å². The van der Waals surface area contributed by atoms with E-state index in [1.54, 1.807) is 11.0 Å². The van der Waals surface area contributed by atoms with Gasteiger partial charge in [-0.3, -0.25) is 9.59 Å². The summed E-state index contributed by atoms with van der Waals surface area (Å²) in [6, 6.07) is 4.44. The number of likely N-dealkylation sites (tertiary alicyclic amines) is 1. The van der Waals surface area contributed by atoms with Gasteiger partial charge in [0, 0.05) is 36.6 Å². The molecule has 0 spiro atoms. The topological polar surface area (TPSA) is 59.1 Å². The van der Waals surface area contributed by atoms with Crippen molar-refractivity contribution in [3.05, 3.63) is 28.5 Å². The molecule has 2 heterocycles. The molecule has 0 N–H and O–H groups in total. The first-order valence-electron chi connectivity index (χ1n) is 8.77. The zero-order valence-corrected chi connectivity index (χ0v) is 16.0. The molecule has 1 aromatic carbocycles. The Balaban J connectivity index is 1.45. The number of amides is 2. The molecule has 8 heteroatoms. The van der Waals surface area contributed by atoms with E-state index in [1.807, 2.05) is 4.90 Å². The number of carbonyl (C=O) groups is 2. The van der Waals surface area contributed by atoms with Gasteiger partial charge in [-0.2, -0.15) is 0 Å². The number of nitrogens with zero attached hydrogens (tertiary/aromatic N) is 2. The van der Waals surface area contributed by atoms with Crippen molar-refractivity contribution in [2.45, 2.75) is 12.8 Å². The standard InChI is InChI=1S/C18H22BrFN2O4/c19-14-1-2-16(15(20)11-14)26-12-17(23)21-5-3-13(4-6-21)18(24)22-7-9-25-10-8-22/h1-2,11,13H,3-10,12H2. The first-order chi connectivity index (χ1) is 12.5. The molecule has 0 unspecified atom stereocenters. The van der Waals surface area contributed by atoms with Crippen molar-refractivity contribution in [1.29, 1.82) is 0 Å². The van der Waals surface area contributed by atoms with Gasteiger partial charge in [-0.25, -0.2) is 4.39 Å². The first-order valence-corrected chi connectivity index (χ1v) is 9.56. The lowest BCUT2D eigenvalue weighted by Crippen LogP contribution is -2.48. The maximum Gasteiger partial charge on any atom is 0.260 e. The SMILES string of the molecule is O=C(COc1ccc(Br)cc1F)N1CCC(C(=O)N2CCOCC2)CC1. The van der Waals surface area contributed by atoms with Gasteiger partial charge in [0.2, 0.25) is 5.91 Å². The van der Waals surface area contributed by atoms with E-state index in [4.69, 9.17) is 9.47 Å². The lowest BCUT2D eigenvalue weighted by Gasteiger charge is -2.35. The van der Waals surface area contributed by atoms with Crippen LogP contribution in [-0.4, -0.2) is 67.6 Å². The van der Waals surface area contributed by atoms with Crippen LogP contribution >= 0.6 is 15.9 Å². The molecule has 0 aliphatic carbocycles. The van der Waals surface area contributed by atoms with Gasteiger partial charge in [0.25, 0.3) is 5.91 Å². The molecule has 3 rings (SSSR count). The monoisotopic (exact) mass is 428 g/mol. The fourth-order valence-corrected chi connectivity index (χ4v) is 3.57. The van der Waals surface area contributed by atoms with Crippen LogP contribution in [0.2, 0.25) is 0 Å². The van der Waals surface area contributed by atoms with Gasteiger partial charge in [-0.05, 0) is 31.0 Å². The number of ether oxygens (including phenoxy) is 2. The molecule has 2 amide bonds. The van der Waals surface area contributed by atoms with Crippen LogP contribution < -0.4 is 4.74 Å². The van der Waals surface area contributed by atoms with Crippen molar-refractivity contribution in [3.8, 4) is 5.75 Å².